The van der Waals surface area contributed by atoms with Crippen LogP contribution in [0.15, 0.2) is 47.5 Å². The number of amides is 1. The Balaban J connectivity index is 1.88. The van der Waals surface area contributed by atoms with Crippen molar-refractivity contribution in [2.24, 2.45) is 0 Å². The number of rotatable bonds is 5. The molecule has 0 unspecified atom stereocenters. The smallest absolute Gasteiger partial charge is 0.354 e. The number of carbonyl (C=O) groups excluding carboxylic acids is 1. The summed E-state index contributed by atoms with van der Waals surface area (Å²) in [5.74, 6) is -0.415. The molecule has 2 rings (SSSR count). The lowest BCUT2D eigenvalue weighted by Crippen LogP contribution is -2.32. The molecule has 0 atom stereocenters. The van der Waals surface area contributed by atoms with Crippen molar-refractivity contribution < 1.29 is 18.0 Å². The van der Waals surface area contributed by atoms with Crippen LogP contribution in [-0.2, 0) is 23.9 Å². The second kappa shape index (κ2) is 7.08. The Morgan fingerprint density at radius 2 is 2.04 bits per heavy atom. The Kier molecular flexibility index (Phi) is 5.15. The van der Waals surface area contributed by atoms with Gasteiger partial charge in [0.1, 0.15) is 0 Å². The van der Waals surface area contributed by atoms with Crippen molar-refractivity contribution in [3.05, 3.63) is 64.3 Å². The van der Waals surface area contributed by atoms with Crippen molar-refractivity contribution in [2.75, 3.05) is 6.54 Å². The molecule has 0 fully saturated rings. The van der Waals surface area contributed by atoms with Gasteiger partial charge in [-0.3, -0.25) is 9.36 Å². The molecular formula is C15H14F3N3O2. The number of benzene rings is 1. The summed E-state index contributed by atoms with van der Waals surface area (Å²) >= 11 is 0. The molecule has 8 heteroatoms. The van der Waals surface area contributed by atoms with Crippen LogP contribution in [0.3, 0.4) is 0 Å². The molecule has 0 aliphatic rings. The summed E-state index contributed by atoms with van der Waals surface area (Å²) in [5, 5.41) is 2.56. The van der Waals surface area contributed by atoms with E-state index in [0.29, 0.717) is 0 Å². The molecule has 0 saturated carbocycles. The van der Waals surface area contributed by atoms with Gasteiger partial charge < -0.3 is 5.32 Å². The number of nitrogens with zero attached hydrogens (tertiary/aromatic N) is 2. The van der Waals surface area contributed by atoms with Crippen molar-refractivity contribution in [3.8, 4) is 0 Å². The highest BCUT2D eigenvalue weighted by atomic mass is 19.4. The second-order valence-electron chi connectivity index (χ2n) is 4.82. The first-order valence-electron chi connectivity index (χ1n) is 6.80. The van der Waals surface area contributed by atoms with Gasteiger partial charge in [-0.2, -0.15) is 13.2 Å². The van der Waals surface area contributed by atoms with E-state index in [9.17, 15) is 22.8 Å². The molecule has 5 nitrogen and oxygen atoms in total. The van der Waals surface area contributed by atoms with E-state index in [2.05, 4.69) is 10.3 Å². The van der Waals surface area contributed by atoms with Crippen LogP contribution in [-0.4, -0.2) is 22.0 Å². The predicted molar refractivity (Wildman–Crippen MR) is 76.7 cm³/mol. The first kappa shape index (κ1) is 16.7. The third-order valence-electron chi connectivity index (χ3n) is 3.08. The average molecular weight is 325 g/mol. The highest BCUT2D eigenvalue weighted by Gasteiger charge is 2.30. The first-order valence-corrected chi connectivity index (χ1v) is 6.80. The number of halogens is 3. The van der Waals surface area contributed by atoms with E-state index >= 15 is 0 Å². The molecule has 0 radical (unpaired) electrons. The van der Waals surface area contributed by atoms with Crippen molar-refractivity contribution in [2.45, 2.75) is 19.1 Å². The maximum atomic E-state index is 12.6. The van der Waals surface area contributed by atoms with Crippen molar-refractivity contribution in [3.63, 3.8) is 0 Å². The van der Waals surface area contributed by atoms with E-state index in [1.54, 1.807) is 6.07 Å². The number of alkyl halides is 3. The molecule has 0 bridgehead atoms. The summed E-state index contributed by atoms with van der Waals surface area (Å²) in [4.78, 5) is 26.7. The third kappa shape index (κ3) is 4.94. The topological polar surface area (TPSA) is 64.0 Å². The van der Waals surface area contributed by atoms with Gasteiger partial charge in [0, 0.05) is 25.5 Å². The Morgan fingerprint density at radius 1 is 1.26 bits per heavy atom. The zero-order valence-corrected chi connectivity index (χ0v) is 12.0. The van der Waals surface area contributed by atoms with Crippen LogP contribution < -0.4 is 11.0 Å². The van der Waals surface area contributed by atoms with Gasteiger partial charge in [-0.15, -0.1) is 0 Å². The van der Waals surface area contributed by atoms with E-state index in [1.165, 1.54) is 29.1 Å². The van der Waals surface area contributed by atoms with Gasteiger partial charge in [0.2, 0.25) is 5.91 Å². The molecule has 0 aliphatic carbocycles. The second-order valence-corrected chi connectivity index (χ2v) is 4.82. The van der Waals surface area contributed by atoms with E-state index < -0.39 is 23.3 Å². The van der Waals surface area contributed by atoms with Crippen LogP contribution in [0, 0.1) is 0 Å². The van der Waals surface area contributed by atoms with Gasteiger partial charge in [-0.05, 0) is 17.7 Å². The van der Waals surface area contributed by atoms with E-state index in [-0.39, 0.29) is 25.1 Å². The molecule has 23 heavy (non-hydrogen) atoms. The molecule has 122 valence electrons. The van der Waals surface area contributed by atoms with Crippen LogP contribution >= 0.6 is 0 Å². The Hall–Kier alpha value is -2.64. The van der Waals surface area contributed by atoms with Crippen LogP contribution in [0.5, 0.6) is 0 Å². The number of hydrogen-bond acceptors (Lipinski definition) is 3. The molecule has 1 aromatic carbocycles. The standard InChI is InChI=1S/C15H14F3N3O2/c16-15(17,18)12-4-1-3-11(9-12)10-13(22)19-6-8-21-7-2-5-20-14(21)23/h1-5,7,9H,6,8,10H2,(H,19,22). The Bertz CT molecular complexity index is 741. The van der Waals surface area contributed by atoms with Gasteiger partial charge in [-0.1, -0.05) is 18.2 Å². The highest BCUT2D eigenvalue weighted by molar-refractivity contribution is 5.78. The maximum Gasteiger partial charge on any atom is 0.416 e. The Morgan fingerprint density at radius 3 is 2.74 bits per heavy atom. The summed E-state index contributed by atoms with van der Waals surface area (Å²) in [6.07, 6.45) is -1.70. The monoisotopic (exact) mass is 325 g/mol. The van der Waals surface area contributed by atoms with Crippen LogP contribution in [0.1, 0.15) is 11.1 Å². The predicted octanol–water partition coefficient (Wildman–Crippen LogP) is 1.62. The van der Waals surface area contributed by atoms with Gasteiger partial charge in [0.05, 0.1) is 12.0 Å². The lowest BCUT2D eigenvalue weighted by atomic mass is 10.1. The lowest BCUT2D eigenvalue weighted by Gasteiger charge is -2.09. The van der Waals surface area contributed by atoms with E-state index in [4.69, 9.17) is 0 Å². The minimum absolute atomic E-state index is 0.161. The molecule has 1 amide bonds. The molecule has 0 saturated heterocycles. The zero-order valence-electron chi connectivity index (χ0n) is 12.0. The number of aromatic nitrogens is 2. The van der Waals surface area contributed by atoms with Crippen molar-refractivity contribution in [1.82, 2.24) is 14.9 Å². The highest BCUT2D eigenvalue weighted by Crippen LogP contribution is 2.29. The van der Waals surface area contributed by atoms with Crippen LogP contribution in [0.2, 0.25) is 0 Å². The minimum Gasteiger partial charge on any atom is -0.354 e. The quantitative estimate of drug-likeness (QED) is 0.909. The minimum atomic E-state index is -4.44. The molecule has 2 aromatic rings. The summed E-state index contributed by atoms with van der Waals surface area (Å²) in [5.41, 5.74) is -0.944. The molecule has 1 N–H and O–H groups in total. The molecule has 1 aromatic heterocycles. The molecule has 0 spiro atoms. The fourth-order valence-electron chi connectivity index (χ4n) is 1.98. The zero-order chi connectivity index (χ0) is 16.9. The van der Waals surface area contributed by atoms with E-state index in [1.807, 2.05) is 0 Å². The SMILES string of the molecule is O=C(Cc1cccc(C(F)(F)F)c1)NCCn1cccnc1=O. The van der Waals surface area contributed by atoms with E-state index in [0.717, 1.165) is 12.1 Å². The number of nitrogens with one attached hydrogen (secondary N) is 1. The van der Waals surface area contributed by atoms with Gasteiger partial charge in [-0.25, -0.2) is 9.78 Å². The van der Waals surface area contributed by atoms with Crippen molar-refractivity contribution in [1.29, 1.82) is 0 Å². The van der Waals surface area contributed by atoms with Crippen molar-refractivity contribution >= 4 is 5.91 Å². The van der Waals surface area contributed by atoms with Gasteiger partial charge in [0.15, 0.2) is 0 Å². The largest absolute Gasteiger partial charge is 0.416 e. The van der Waals surface area contributed by atoms with Gasteiger partial charge >= 0.3 is 11.9 Å². The summed E-state index contributed by atoms with van der Waals surface area (Å²) in [7, 11) is 0. The first-order chi connectivity index (χ1) is 10.9. The summed E-state index contributed by atoms with van der Waals surface area (Å²) in [6, 6.07) is 6.22. The average Bonchev–Trinajstić information content (AvgIpc) is 2.48. The summed E-state index contributed by atoms with van der Waals surface area (Å²) < 4.78 is 39.1. The summed E-state index contributed by atoms with van der Waals surface area (Å²) in [6.45, 7) is 0.421. The lowest BCUT2D eigenvalue weighted by molar-refractivity contribution is -0.137. The number of carbonyl (C=O) groups is 1. The fraction of sp³-hybridized carbons (Fsp3) is 0.267. The molecule has 0 aliphatic heterocycles. The van der Waals surface area contributed by atoms with Crippen LogP contribution in [0.4, 0.5) is 13.2 Å². The molecular weight excluding hydrogens is 311 g/mol. The fourth-order valence-corrected chi connectivity index (χ4v) is 1.98. The Labute approximate surface area is 129 Å². The van der Waals surface area contributed by atoms with Crippen LogP contribution in [0.25, 0.3) is 0 Å². The van der Waals surface area contributed by atoms with Gasteiger partial charge in [0.25, 0.3) is 0 Å². The maximum absolute atomic E-state index is 12.6. The third-order valence-corrected chi connectivity index (χ3v) is 3.08. The molecule has 1 heterocycles. The number of hydrogen-bond donors (Lipinski definition) is 1. The normalized spacial score (nSPS) is 11.3.